The molecule has 0 rings (SSSR count). The van der Waals surface area contributed by atoms with Crippen LogP contribution in [0.5, 0.6) is 0 Å². The van der Waals surface area contributed by atoms with E-state index in [4.69, 9.17) is 0 Å². The van der Waals surface area contributed by atoms with Gasteiger partial charge >= 0.3 is 0 Å². The summed E-state index contributed by atoms with van der Waals surface area (Å²) in [6.45, 7) is 7.76. The molecule has 0 aromatic heterocycles. The molecule has 6 heteroatoms. The first-order valence-corrected chi connectivity index (χ1v) is 7.82. The van der Waals surface area contributed by atoms with Crippen molar-refractivity contribution in [2.45, 2.75) is 46.2 Å². The Balaban J connectivity index is 3.79. The fraction of sp³-hybridized carbons (Fsp3) is 0.909. The molecule has 0 saturated carbocycles. The van der Waals surface area contributed by atoms with E-state index in [2.05, 4.69) is 10.6 Å². The smallest absolute Gasteiger partial charge is 0.221 e. The second kappa shape index (κ2) is 7.66. The lowest BCUT2D eigenvalue weighted by Gasteiger charge is -2.14. The van der Waals surface area contributed by atoms with Crippen molar-refractivity contribution in [3.63, 3.8) is 0 Å². The zero-order valence-electron chi connectivity index (χ0n) is 11.1. The summed E-state index contributed by atoms with van der Waals surface area (Å²) in [5.41, 5.74) is 0. The zero-order valence-corrected chi connectivity index (χ0v) is 11.9. The molecule has 0 radical (unpaired) electrons. The minimum atomic E-state index is -2.95. The van der Waals surface area contributed by atoms with E-state index in [1.807, 2.05) is 20.8 Å². The number of hydrogen-bond donors (Lipinski definition) is 2. The Labute approximate surface area is 104 Å². The fourth-order valence-corrected chi connectivity index (χ4v) is 2.50. The second-order valence-corrected chi connectivity index (χ2v) is 6.92. The van der Waals surface area contributed by atoms with E-state index in [9.17, 15) is 13.2 Å². The maximum absolute atomic E-state index is 11.3. The van der Waals surface area contributed by atoms with Crippen LogP contribution in [0.15, 0.2) is 0 Å². The molecule has 0 bridgehead atoms. The summed E-state index contributed by atoms with van der Waals surface area (Å²) >= 11 is 0. The van der Waals surface area contributed by atoms with E-state index in [-0.39, 0.29) is 29.5 Å². The lowest BCUT2D eigenvalue weighted by molar-refractivity contribution is -0.121. The Morgan fingerprint density at radius 3 is 2.29 bits per heavy atom. The molecule has 0 heterocycles. The van der Waals surface area contributed by atoms with Gasteiger partial charge in [0.2, 0.25) is 5.91 Å². The third-order valence-corrected chi connectivity index (χ3v) is 4.13. The summed E-state index contributed by atoms with van der Waals surface area (Å²) in [5, 5.41) is 5.82. The molecule has 0 aliphatic carbocycles. The number of sulfone groups is 1. The zero-order chi connectivity index (χ0) is 13.5. The average Bonchev–Trinajstić information content (AvgIpc) is 2.15. The first kappa shape index (κ1) is 16.4. The van der Waals surface area contributed by atoms with Crippen molar-refractivity contribution in [3.8, 4) is 0 Å². The Morgan fingerprint density at radius 1 is 1.24 bits per heavy atom. The molecule has 102 valence electrons. The molecule has 0 fully saturated rings. The van der Waals surface area contributed by atoms with Gasteiger partial charge in [0.15, 0.2) is 9.84 Å². The van der Waals surface area contributed by atoms with Crippen LogP contribution in [0.1, 0.15) is 34.1 Å². The van der Waals surface area contributed by atoms with Gasteiger partial charge in [0.05, 0.1) is 5.75 Å². The van der Waals surface area contributed by atoms with Gasteiger partial charge in [-0.25, -0.2) is 8.42 Å². The maximum atomic E-state index is 11.3. The lowest BCUT2D eigenvalue weighted by atomic mass is 10.3. The van der Waals surface area contributed by atoms with Gasteiger partial charge in [-0.2, -0.15) is 0 Å². The molecule has 17 heavy (non-hydrogen) atoms. The molecule has 0 aliphatic heterocycles. The van der Waals surface area contributed by atoms with Crippen LogP contribution in [0.2, 0.25) is 0 Å². The quantitative estimate of drug-likeness (QED) is 0.662. The van der Waals surface area contributed by atoms with Crippen LogP contribution in [0.3, 0.4) is 0 Å². The molecule has 0 aromatic carbocycles. The minimum absolute atomic E-state index is 0.0157. The van der Waals surface area contributed by atoms with E-state index in [0.29, 0.717) is 13.0 Å². The van der Waals surface area contributed by atoms with Gasteiger partial charge in [-0.05, 0) is 20.8 Å². The van der Waals surface area contributed by atoms with Crippen molar-refractivity contribution in [3.05, 3.63) is 0 Å². The summed E-state index contributed by atoms with van der Waals surface area (Å²) in [6, 6.07) is 0.0205. The van der Waals surface area contributed by atoms with Crippen LogP contribution in [-0.2, 0) is 14.6 Å². The van der Waals surface area contributed by atoms with Crippen molar-refractivity contribution in [2.24, 2.45) is 0 Å². The van der Waals surface area contributed by atoms with Crippen LogP contribution in [0.25, 0.3) is 0 Å². The molecule has 5 nitrogen and oxygen atoms in total. The maximum Gasteiger partial charge on any atom is 0.221 e. The highest BCUT2D eigenvalue weighted by Crippen LogP contribution is 1.94. The summed E-state index contributed by atoms with van der Waals surface area (Å²) in [4.78, 5) is 11.3. The molecule has 2 N–H and O–H groups in total. The molecule has 0 saturated heterocycles. The number of hydrogen-bond acceptors (Lipinski definition) is 4. The SMILES string of the molecule is CCS(=O)(=O)CC(C)NCCC(=O)NC(C)C. The Morgan fingerprint density at radius 2 is 1.82 bits per heavy atom. The number of carbonyl (C=O) groups excluding carboxylic acids is 1. The van der Waals surface area contributed by atoms with Gasteiger partial charge in [0.25, 0.3) is 0 Å². The number of rotatable bonds is 8. The summed E-state index contributed by atoms with van der Waals surface area (Å²) in [5.74, 6) is 0.264. The van der Waals surface area contributed by atoms with E-state index in [0.717, 1.165) is 0 Å². The monoisotopic (exact) mass is 264 g/mol. The highest BCUT2D eigenvalue weighted by Gasteiger charge is 2.13. The highest BCUT2D eigenvalue weighted by atomic mass is 32.2. The standard InChI is InChI=1S/C11H24N2O3S/c1-5-17(15,16)8-10(4)12-7-6-11(14)13-9(2)3/h9-10,12H,5-8H2,1-4H3,(H,13,14). The van der Waals surface area contributed by atoms with Crippen LogP contribution < -0.4 is 10.6 Å². The van der Waals surface area contributed by atoms with Gasteiger partial charge in [-0.3, -0.25) is 4.79 Å². The number of nitrogens with one attached hydrogen (secondary N) is 2. The number of carbonyl (C=O) groups is 1. The van der Waals surface area contributed by atoms with E-state index in [1.54, 1.807) is 6.92 Å². The molecular weight excluding hydrogens is 240 g/mol. The molecule has 0 aromatic rings. The van der Waals surface area contributed by atoms with Crippen molar-refractivity contribution < 1.29 is 13.2 Å². The average molecular weight is 264 g/mol. The van der Waals surface area contributed by atoms with Gasteiger partial charge in [0.1, 0.15) is 0 Å². The molecule has 0 aliphatic rings. The van der Waals surface area contributed by atoms with Gasteiger partial charge in [-0.1, -0.05) is 6.92 Å². The van der Waals surface area contributed by atoms with E-state index >= 15 is 0 Å². The molecule has 1 unspecified atom stereocenters. The van der Waals surface area contributed by atoms with Gasteiger partial charge < -0.3 is 10.6 Å². The van der Waals surface area contributed by atoms with E-state index < -0.39 is 9.84 Å². The van der Waals surface area contributed by atoms with Crippen LogP contribution in [0.4, 0.5) is 0 Å². The summed E-state index contributed by atoms with van der Waals surface area (Å²) < 4.78 is 22.7. The first-order valence-electron chi connectivity index (χ1n) is 6.00. The predicted molar refractivity (Wildman–Crippen MR) is 69.7 cm³/mol. The highest BCUT2D eigenvalue weighted by molar-refractivity contribution is 7.91. The van der Waals surface area contributed by atoms with Crippen molar-refractivity contribution in [1.29, 1.82) is 0 Å². The largest absolute Gasteiger partial charge is 0.354 e. The predicted octanol–water partition coefficient (Wildman–Crippen LogP) is 0.314. The molecule has 1 amide bonds. The Hall–Kier alpha value is -0.620. The van der Waals surface area contributed by atoms with Gasteiger partial charge in [-0.15, -0.1) is 0 Å². The summed E-state index contributed by atoms with van der Waals surface area (Å²) in [7, 11) is -2.95. The van der Waals surface area contributed by atoms with Crippen molar-refractivity contribution in [2.75, 3.05) is 18.1 Å². The first-order chi connectivity index (χ1) is 7.76. The topological polar surface area (TPSA) is 75.3 Å². The van der Waals surface area contributed by atoms with Crippen molar-refractivity contribution >= 4 is 15.7 Å². The molecular formula is C11H24N2O3S. The lowest BCUT2D eigenvalue weighted by Crippen LogP contribution is -2.37. The molecule has 0 spiro atoms. The van der Waals surface area contributed by atoms with E-state index in [1.165, 1.54) is 0 Å². The van der Waals surface area contributed by atoms with Crippen LogP contribution >= 0.6 is 0 Å². The second-order valence-electron chi connectivity index (χ2n) is 4.53. The Kier molecular flexibility index (Phi) is 7.38. The normalized spacial score (nSPS) is 13.7. The van der Waals surface area contributed by atoms with Gasteiger partial charge in [0, 0.05) is 30.8 Å². The molecule has 1 atom stereocenters. The van der Waals surface area contributed by atoms with Crippen LogP contribution in [0, 0.1) is 0 Å². The van der Waals surface area contributed by atoms with Crippen molar-refractivity contribution in [1.82, 2.24) is 10.6 Å². The minimum Gasteiger partial charge on any atom is -0.354 e. The fourth-order valence-electron chi connectivity index (χ4n) is 1.38. The summed E-state index contributed by atoms with van der Waals surface area (Å²) in [6.07, 6.45) is 0.370. The third-order valence-electron chi connectivity index (χ3n) is 2.24. The third kappa shape index (κ3) is 9.12. The number of amides is 1. The van der Waals surface area contributed by atoms with Crippen LogP contribution in [-0.4, -0.2) is 44.5 Å². The Bertz CT molecular complexity index is 326.